The van der Waals surface area contributed by atoms with Crippen LogP contribution in [0.3, 0.4) is 0 Å². The molecule has 1 aromatic rings. The molecule has 0 aliphatic rings. The second-order valence-corrected chi connectivity index (χ2v) is 11.8. The summed E-state index contributed by atoms with van der Waals surface area (Å²) in [5.41, 5.74) is -0.339. The molecule has 240 valence electrons. The molecule has 0 fully saturated rings. The van der Waals surface area contributed by atoms with E-state index in [4.69, 9.17) is 9.47 Å². The predicted molar refractivity (Wildman–Crippen MR) is 157 cm³/mol. The molecule has 0 radical (unpaired) electrons. The highest BCUT2D eigenvalue weighted by Crippen LogP contribution is 2.19. The molecular formula is C29H45N5O9. The fourth-order valence-electron chi connectivity index (χ4n) is 3.64. The first kappa shape index (κ1) is 36.7. The summed E-state index contributed by atoms with van der Waals surface area (Å²) in [6.45, 7) is 10.3. The van der Waals surface area contributed by atoms with Gasteiger partial charge in [-0.25, -0.2) is 9.59 Å². The number of hydrogen-bond donors (Lipinski definition) is 6. The molecule has 14 nitrogen and oxygen atoms in total. The summed E-state index contributed by atoms with van der Waals surface area (Å²) in [6.07, 6.45) is 0.797. The summed E-state index contributed by atoms with van der Waals surface area (Å²) in [7, 11) is 0. The summed E-state index contributed by atoms with van der Waals surface area (Å²) in [5, 5.41) is 21.6. The Bertz CT molecular complexity index is 1100. The van der Waals surface area contributed by atoms with Crippen molar-refractivity contribution in [3.8, 4) is 5.75 Å². The van der Waals surface area contributed by atoms with E-state index >= 15 is 0 Å². The van der Waals surface area contributed by atoms with Crippen molar-refractivity contribution in [1.29, 1.82) is 0 Å². The van der Waals surface area contributed by atoms with Gasteiger partial charge in [0.1, 0.15) is 29.0 Å². The molecule has 0 heterocycles. The molecular weight excluding hydrogens is 562 g/mol. The number of carboxylic acids is 1. The van der Waals surface area contributed by atoms with Crippen molar-refractivity contribution >= 4 is 36.2 Å². The van der Waals surface area contributed by atoms with Gasteiger partial charge in [0.05, 0.1) is 13.1 Å². The van der Waals surface area contributed by atoms with E-state index in [1.54, 1.807) is 45.0 Å². The van der Waals surface area contributed by atoms with Gasteiger partial charge in [-0.15, -0.1) is 0 Å². The highest BCUT2D eigenvalue weighted by atomic mass is 16.6. The Morgan fingerprint density at radius 3 is 2.00 bits per heavy atom. The molecule has 2 atom stereocenters. The van der Waals surface area contributed by atoms with Gasteiger partial charge >= 0.3 is 12.1 Å². The summed E-state index contributed by atoms with van der Waals surface area (Å²) in [6, 6.07) is 4.66. The number of unbranched alkanes of at least 4 members (excludes halogenated alkanes) is 1. The molecule has 2 unspecified atom stereocenters. The van der Waals surface area contributed by atoms with E-state index in [9.17, 15) is 33.9 Å². The molecule has 0 spiro atoms. The molecule has 0 aliphatic heterocycles. The number of carboxylic acid groups (broad SMARTS) is 1. The van der Waals surface area contributed by atoms with Crippen molar-refractivity contribution < 1.29 is 43.3 Å². The van der Waals surface area contributed by atoms with E-state index in [1.807, 2.05) is 20.8 Å². The maximum atomic E-state index is 12.9. The SMILES string of the molecule is CC(C)(C)OC(=O)NCCCCC(NC(=O)CNC(=O)C(Cc1ccc(OC(C)(C)C)cc1)NC(=O)CNC=O)C(=O)O. The van der Waals surface area contributed by atoms with Crippen molar-refractivity contribution in [1.82, 2.24) is 26.6 Å². The van der Waals surface area contributed by atoms with Gasteiger partial charge in [0.2, 0.25) is 24.1 Å². The Labute approximate surface area is 252 Å². The summed E-state index contributed by atoms with van der Waals surface area (Å²) in [5.74, 6) is -2.64. The molecule has 0 aromatic heterocycles. The number of alkyl carbamates (subject to hydrolysis) is 1. The van der Waals surface area contributed by atoms with Crippen molar-refractivity contribution in [2.45, 2.75) is 90.5 Å². The summed E-state index contributed by atoms with van der Waals surface area (Å²) < 4.78 is 10.9. The second kappa shape index (κ2) is 17.6. The fourth-order valence-corrected chi connectivity index (χ4v) is 3.64. The highest BCUT2D eigenvalue weighted by Gasteiger charge is 2.24. The molecule has 0 bridgehead atoms. The van der Waals surface area contributed by atoms with Crippen LogP contribution in [0.15, 0.2) is 24.3 Å². The molecule has 1 aromatic carbocycles. The molecule has 6 N–H and O–H groups in total. The van der Waals surface area contributed by atoms with Gasteiger partial charge in [-0.2, -0.15) is 0 Å². The molecule has 14 heteroatoms. The minimum absolute atomic E-state index is 0.0746. The molecule has 0 saturated heterocycles. The number of carbonyl (C=O) groups is 6. The Morgan fingerprint density at radius 2 is 1.44 bits per heavy atom. The van der Waals surface area contributed by atoms with E-state index in [1.165, 1.54) is 0 Å². The number of hydrogen-bond acceptors (Lipinski definition) is 8. The average Bonchev–Trinajstić information content (AvgIpc) is 2.88. The van der Waals surface area contributed by atoms with Gasteiger partial charge in [-0.3, -0.25) is 19.2 Å². The molecule has 1 rings (SSSR count). The number of benzene rings is 1. The lowest BCUT2D eigenvalue weighted by molar-refractivity contribution is -0.142. The minimum atomic E-state index is -1.24. The zero-order chi connectivity index (χ0) is 32.6. The standard InChI is InChI=1S/C29H45N5O9/c1-28(2,3)42-20-12-10-19(11-13-20)15-22(34-23(36)16-30-18-35)25(38)32-17-24(37)33-21(26(39)40)9-7-8-14-31-27(41)43-29(4,5)6/h10-13,18,21-22H,7-9,14-17H2,1-6H3,(H,30,35)(H,31,41)(H,32,38)(H,33,37)(H,34,36)(H,39,40). The average molecular weight is 608 g/mol. The minimum Gasteiger partial charge on any atom is -0.488 e. The van der Waals surface area contributed by atoms with E-state index in [2.05, 4.69) is 26.6 Å². The first-order valence-electron chi connectivity index (χ1n) is 14.0. The third-order valence-electron chi connectivity index (χ3n) is 5.43. The number of nitrogens with one attached hydrogen (secondary N) is 5. The Balaban J connectivity index is 2.68. The van der Waals surface area contributed by atoms with E-state index in [0.717, 1.165) is 0 Å². The third-order valence-corrected chi connectivity index (χ3v) is 5.43. The number of carbonyl (C=O) groups excluding carboxylic acids is 5. The monoisotopic (exact) mass is 607 g/mol. The first-order chi connectivity index (χ1) is 20.0. The van der Waals surface area contributed by atoms with Crippen molar-refractivity contribution in [3.05, 3.63) is 29.8 Å². The van der Waals surface area contributed by atoms with Crippen LogP contribution in [0, 0.1) is 0 Å². The van der Waals surface area contributed by atoms with E-state index in [-0.39, 0.29) is 25.9 Å². The lowest BCUT2D eigenvalue weighted by atomic mass is 10.0. The van der Waals surface area contributed by atoms with Gasteiger partial charge in [-0.1, -0.05) is 12.1 Å². The maximum absolute atomic E-state index is 12.9. The van der Waals surface area contributed by atoms with Crippen LogP contribution in [0.5, 0.6) is 5.75 Å². The van der Waals surface area contributed by atoms with E-state index in [0.29, 0.717) is 30.6 Å². The number of amides is 5. The lowest BCUT2D eigenvalue weighted by Crippen LogP contribution is -2.52. The second-order valence-electron chi connectivity index (χ2n) is 11.8. The van der Waals surface area contributed by atoms with Crippen LogP contribution in [-0.4, -0.2) is 84.2 Å². The van der Waals surface area contributed by atoms with Gasteiger partial charge in [-0.05, 0) is 78.5 Å². The van der Waals surface area contributed by atoms with Gasteiger partial charge in [0.25, 0.3) is 0 Å². The predicted octanol–water partition coefficient (Wildman–Crippen LogP) is 1.02. The van der Waals surface area contributed by atoms with Gasteiger partial charge in [0, 0.05) is 13.0 Å². The maximum Gasteiger partial charge on any atom is 0.407 e. The van der Waals surface area contributed by atoms with Crippen molar-refractivity contribution in [3.63, 3.8) is 0 Å². The summed E-state index contributed by atoms with van der Waals surface area (Å²) in [4.78, 5) is 71.5. The third kappa shape index (κ3) is 17.3. The normalized spacial score (nSPS) is 12.6. The van der Waals surface area contributed by atoms with Crippen LogP contribution in [0.1, 0.15) is 66.4 Å². The smallest absolute Gasteiger partial charge is 0.407 e. The Kier molecular flexibility index (Phi) is 15.0. The Morgan fingerprint density at radius 1 is 0.837 bits per heavy atom. The zero-order valence-electron chi connectivity index (χ0n) is 25.7. The van der Waals surface area contributed by atoms with Gasteiger partial charge < -0.3 is 41.2 Å². The number of aliphatic carboxylic acids is 1. The van der Waals surface area contributed by atoms with Crippen molar-refractivity contribution in [2.24, 2.45) is 0 Å². The number of ether oxygens (including phenoxy) is 2. The largest absolute Gasteiger partial charge is 0.488 e. The lowest BCUT2D eigenvalue weighted by Gasteiger charge is -2.22. The van der Waals surface area contributed by atoms with Crippen molar-refractivity contribution in [2.75, 3.05) is 19.6 Å². The van der Waals surface area contributed by atoms with Gasteiger partial charge in [0.15, 0.2) is 0 Å². The molecule has 0 aliphatic carbocycles. The van der Waals surface area contributed by atoms with Crippen LogP contribution in [0.2, 0.25) is 0 Å². The van der Waals surface area contributed by atoms with Crippen LogP contribution >= 0.6 is 0 Å². The van der Waals surface area contributed by atoms with Crippen LogP contribution in [0.25, 0.3) is 0 Å². The molecule has 5 amide bonds. The zero-order valence-corrected chi connectivity index (χ0v) is 25.7. The topological polar surface area (TPSA) is 201 Å². The number of rotatable bonds is 17. The first-order valence-corrected chi connectivity index (χ1v) is 14.0. The quantitative estimate of drug-likeness (QED) is 0.110. The highest BCUT2D eigenvalue weighted by molar-refractivity contribution is 5.92. The van der Waals surface area contributed by atoms with Crippen LogP contribution in [0.4, 0.5) is 4.79 Å². The molecule has 0 saturated carbocycles. The van der Waals surface area contributed by atoms with E-state index < -0.39 is 59.6 Å². The summed E-state index contributed by atoms with van der Waals surface area (Å²) >= 11 is 0. The van der Waals surface area contributed by atoms with Crippen LogP contribution in [-0.2, 0) is 35.1 Å². The fraction of sp³-hybridized carbons (Fsp3) is 0.586. The Hall–Kier alpha value is -4.36. The van der Waals surface area contributed by atoms with Crippen LogP contribution < -0.4 is 31.3 Å². The molecule has 43 heavy (non-hydrogen) atoms.